The van der Waals surface area contributed by atoms with Gasteiger partial charge in [-0.25, -0.2) is 4.79 Å². The van der Waals surface area contributed by atoms with Gasteiger partial charge in [0.1, 0.15) is 5.69 Å². The van der Waals surface area contributed by atoms with Crippen molar-refractivity contribution < 1.29 is 23.5 Å². The number of ether oxygens (including phenoxy) is 3. The number of rotatable bonds is 7. The summed E-state index contributed by atoms with van der Waals surface area (Å²) >= 11 is 0. The first-order chi connectivity index (χ1) is 15.3. The van der Waals surface area contributed by atoms with Crippen molar-refractivity contribution in [2.24, 2.45) is 0 Å². The molecule has 3 heterocycles. The van der Waals surface area contributed by atoms with Crippen molar-refractivity contribution in [1.29, 1.82) is 0 Å². The minimum atomic E-state index is -0.477. The summed E-state index contributed by atoms with van der Waals surface area (Å²) in [5.41, 5.74) is 2.59. The molecule has 156 valence electrons. The number of esters is 1. The molecular weight excluding hydrogens is 400 g/mol. The van der Waals surface area contributed by atoms with Crippen molar-refractivity contribution in [2.45, 2.75) is 12.8 Å². The Morgan fingerprint density at radius 3 is 2.81 bits per heavy atom. The number of aromatic nitrogens is 4. The number of carbonyl (C=O) groups excluding carboxylic acids is 1. The molecule has 0 saturated heterocycles. The maximum atomic E-state index is 12.3. The molecule has 0 unspecified atom stereocenters. The van der Waals surface area contributed by atoms with Crippen LogP contribution >= 0.6 is 0 Å². The van der Waals surface area contributed by atoms with Gasteiger partial charge in [0, 0.05) is 17.5 Å². The lowest BCUT2D eigenvalue weighted by Gasteiger charge is -2.01. The van der Waals surface area contributed by atoms with Crippen molar-refractivity contribution in [1.82, 2.24) is 20.3 Å². The van der Waals surface area contributed by atoms with Crippen molar-refractivity contribution in [3.63, 3.8) is 0 Å². The highest BCUT2D eigenvalue weighted by Crippen LogP contribution is 2.35. The van der Waals surface area contributed by atoms with Gasteiger partial charge in [0.2, 0.25) is 18.5 Å². The molecule has 1 N–H and O–H groups in total. The van der Waals surface area contributed by atoms with Gasteiger partial charge in [-0.3, -0.25) is 5.10 Å². The van der Waals surface area contributed by atoms with Crippen LogP contribution in [0.3, 0.4) is 0 Å². The van der Waals surface area contributed by atoms with Crippen LogP contribution in [0.2, 0.25) is 0 Å². The lowest BCUT2D eigenvalue weighted by atomic mass is 10.1. The largest absolute Gasteiger partial charge is 0.461 e. The number of nitrogens with one attached hydrogen (secondary N) is 1. The number of hydrogen-bond acceptors (Lipinski definition) is 8. The van der Waals surface area contributed by atoms with Gasteiger partial charge in [-0.2, -0.15) is 10.1 Å². The van der Waals surface area contributed by atoms with Gasteiger partial charge in [0.15, 0.2) is 11.5 Å². The van der Waals surface area contributed by atoms with Gasteiger partial charge in [0.25, 0.3) is 0 Å². The molecular formula is C22H18N4O5. The van der Waals surface area contributed by atoms with Gasteiger partial charge >= 0.3 is 5.97 Å². The SMILES string of the molecule is O=C(OCCCc1nc(-c2ccccc2)no1)c1cc(-c2ccc3c(c2)OCO3)n[nH]1. The maximum Gasteiger partial charge on any atom is 0.356 e. The highest BCUT2D eigenvalue weighted by Gasteiger charge is 2.17. The first kappa shape index (κ1) is 18.9. The lowest BCUT2D eigenvalue weighted by Crippen LogP contribution is -2.07. The first-order valence-corrected chi connectivity index (χ1v) is 9.77. The van der Waals surface area contributed by atoms with E-state index in [1.165, 1.54) is 0 Å². The number of aryl methyl sites for hydroxylation is 1. The van der Waals surface area contributed by atoms with E-state index in [1.807, 2.05) is 48.5 Å². The highest BCUT2D eigenvalue weighted by atomic mass is 16.7. The fourth-order valence-electron chi connectivity index (χ4n) is 3.16. The van der Waals surface area contributed by atoms with Crippen LogP contribution in [0.5, 0.6) is 11.5 Å². The fraction of sp³-hybridized carbons (Fsp3) is 0.182. The Labute approximate surface area is 177 Å². The third-order valence-corrected chi connectivity index (χ3v) is 4.73. The van der Waals surface area contributed by atoms with E-state index in [9.17, 15) is 4.79 Å². The Kier molecular flexibility index (Phi) is 5.05. The molecule has 31 heavy (non-hydrogen) atoms. The monoisotopic (exact) mass is 418 g/mol. The summed E-state index contributed by atoms with van der Waals surface area (Å²) < 4.78 is 21.3. The average molecular weight is 418 g/mol. The summed E-state index contributed by atoms with van der Waals surface area (Å²) in [4.78, 5) is 16.7. The van der Waals surface area contributed by atoms with Gasteiger partial charge in [0.05, 0.1) is 12.3 Å². The second-order valence-electron chi connectivity index (χ2n) is 6.85. The number of hydrogen-bond donors (Lipinski definition) is 1. The molecule has 0 atom stereocenters. The Bertz CT molecular complexity index is 1200. The van der Waals surface area contributed by atoms with Crippen LogP contribution < -0.4 is 9.47 Å². The van der Waals surface area contributed by atoms with Crippen LogP contribution in [0.4, 0.5) is 0 Å². The molecule has 5 rings (SSSR count). The van der Waals surface area contributed by atoms with Gasteiger partial charge < -0.3 is 18.7 Å². The Morgan fingerprint density at radius 1 is 1.03 bits per heavy atom. The van der Waals surface area contributed by atoms with E-state index in [2.05, 4.69) is 20.3 Å². The fourth-order valence-corrected chi connectivity index (χ4v) is 3.16. The Hall–Kier alpha value is -4.14. The van der Waals surface area contributed by atoms with E-state index >= 15 is 0 Å². The van der Waals surface area contributed by atoms with Crippen LogP contribution in [0.25, 0.3) is 22.6 Å². The predicted octanol–water partition coefficient (Wildman–Crippen LogP) is 3.65. The lowest BCUT2D eigenvalue weighted by molar-refractivity contribution is 0.0491. The number of benzene rings is 2. The molecule has 1 aliphatic rings. The van der Waals surface area contributed by atoms with Crippen molar-refractivity contribution in [3.8, 4) is 34.1 Å². The Balaban J connectivity index is 1.13. The van der Waals surface area contributed by atoms with Gasteiger partial charge in [-0.1, -0.05) is 35.5 Å². The molecule has 4 aromatic rings. The molecule has 0 bridgehead atoms. The highest BCUT2D eigenvalue weighted by molar-refractivity contribution is 5.88. The number of fused-ring (bicyclic) bond motifs is 1. The van der Waals surface area contributed by atoms with E-state index in [0.717, 1.165) is 11.1 Å². The first-order valence-electron chi connectivity index (χ1n) is 9.77. The minimum absolute atomic E-state index is 0.202. The molecule has 2 aromatic carbocycles. The molecule has 0 amide bonds. The van der Waals surface area contributed by atoms with Crippen LogP contribution in [0, 0.1) is 0 Å². The zero-order valence-electron chi connectivity index (χ0n) is 16.4. The number of aromatic amines is 1. The molecule has 9 heteroatoms. The Morgan fingerprint density at radius 2 is 1.90 bits per heavy atom. The minimum Gasteiger partial charge on any atom is -0.461 e. The molecule has 2 aromatic heterocycles. The quantitative estimate of drug-likeness (QED) is 0.358. The summed E-state index contributed by atoms with van der Waals surface area (Å²) in [6.45, 7) is 0.425. The van der Waals surface area contributed by atoms with E-state index in [1.54, 1.807) is 6.07 Å². The van der Waals surface area contributed by atoms with E-state index in [-0.39, 0.29) is 19.1 Å². The number of carbonyl (C=O) groups is 1. The summed E-state index contributed by atoms with van der Waals surface area (Å²) in [6, 6.07) is 16.7. The smallest absolute Gasteiger partial charge is 0.356 e. The van der Waals surface area contributed by atoms with Crippen molar-refractivity contribution in [3.05, 3.63) is 66.2 Å². The maximum absolute atomic E-state index is 12.3. The van der Waals surface area contributed by atoms with E-state index in [0.29, 0.717) is 41.7 Å². The van der Waals surface area contributed by atoms with Gasteiger partial charge in [-0.15, -0.1) is 0 Å². The van der Waals surface area contributed by atoms with Crippen molar-refractivity contribution in [2.75, 3.05) is 13.4 Å². The second kappa shape index (κ2) is 8.31. The summed E-state index contributed by atoms with van der Waals surface area (Å²) in [5.74, 6) is 1.91. The molecule has 0 aliphatic carbocycles. The number of H-pyrrole nitrogens is 1. The standard InChI is InChI=1S/C22H18N4O5/c27-22(17-12-16(24-25-17)15-8-9-18-19(11-15)30-13-29-18)28-10-4-7-20-23-21(26-31-20)14-5-2-1-3-6-14/h1-3,5-6,8-9,11-12H,4,7,10,13H2,(H,24,25). The number of nitrogens with zero attached hydrogens (tertiary/aromatic N) is 3. The second-order valence-corrected chi connectivity index (χ2v) is 6.85. The average Bonchev–Trinajstić information content (AvgIpc) is 3.57. The van der Waals surface area contributed by atoms with Crippen LogP contribution in [0.15, 0.2) is 59.1 Å². The van der Waals surface area contributed by atoms with E-state index in [4.69, 9.17) is 18.7 Å². The summed E-state index contributed by atoms with van der Waals surface area (Å²) in [5, 5.41) is 10.9. The molecule has 0 saturated carbocycles. The van der Waals surface area contributed by atoms with Crippen LogP contribution in [0.1, 0.15) is 22.8 Å². The normalized spacial score (nSPS) is 12.1. The molecule has 1 aliphatic heterocycles. The van der Waals surface area contributed by atoms with Crippen molar-refractivity contribution >= 4 is 5.97 Å². The third-order valence-electron chi connectivity index (χ3n) is 4.73. The van der Waals surface area contributed by atoms with Crippen LogP contribution in [-0.4, -0.2) is 39.7 Å². The van der Waals surface area contributed by atoms with Gasteiger partial charge in [-0.05, 0) is 30.7 Å². The topological polar surface area (TPSA) is 112 Å². The zero-order valence-corrected chi connectivity index (χ0v) is 16.4. The van der Waals surface area contributed by atoms with Crippen LogP contribution in [-0.2, 0) is 11.2 Å². The third kappa shape index (κ3) is 4.11. The summed E-state index contributed by atoms with van der Waals surface area (Å²) in [7, 11) is 0. The molecule has 9 nitrogen and oxygen atoms in total. The molecule has 0 radical (unpaired) electrons. The zero-order chi connectivity index (χ0) is 21.0. The predicted molar refractivity (Wildman–Crippen MR) is 108 cm³/mol. The molecule has 0 spiro atoms. The summed E-state index contributed by atoms with van der Waals surface area (Å²) in [6.07, 6.45) is 1.07. The van der Waals surface area contributed by atoms with E-state index < -0.39 is 5.97 Å². The molecule has 0 fully saturated rings.